The number of ether oxygens (including phenoxy) is 3. The molecular weight excluding hydrogens is 372 g/mol. The van der Waals surface area contributed by atoms with Gasteiger partial charge in [0.15, 0.2) is 18.1 Å². The number of fused-ring (bicyclic) bond motifs is 2. The first-order valence-corrected chi connectivity index (χ1v) is 9.61. The lowest BCUT2D eigenvalue weighted by Gasteiger charge is -2.27. The smallest absolute Gasteiger partial charge is 0.258 e. The zero-order valence-corrected chi connectivity index (χ0v) is 15.8. The summed E-state index contributed by atoms with van der Waals surface area (Å²) in [7, 11) is 0. The molecular formula is C22H20N2O5. The Morgan fingerprint density at radius 3 is 2.83 bits per heavy atom. The molecule has 5 rings (SSSR count). The molecule has 0 aliphatic carbocycles. The zero-order valence-electron chi connectivity index (χ0n) is 15.8. The van der Waals surface area contributed by atoms with E-state index in [0.717, 1.165) is 11.4 Å². The molecule has 1 amide bonds. The van der Waals surface area contributed by atoms with E-state index in [2.05, 4.69) is 4.98 Å². The summed E-state index contributed by atoms with van der Waals surface area (Å²) in [6, 6.07) is 14.9. The highest BCUT2D eigenvalue weighted by Gasteiger charge is 2.29. The second kappa shape index (κ2) is 7.50. The Hall–Kier alpha value is -3.48. The summed E-state index contributed by atoms with van der Waals surface area (Å²) in [6.07, 6.45) is 0.641. The number of carbonyl (C=O) groups is 1. The van der Waals surface area contributed by atoms with Gasteiger partial charge in [0.2, 0.25) is 5.89 Å². The van der Waals surface area contributed by atoms with Gasteiger partial charge in [0.1, 0.15) is 24.7 Å². The molecule has 0 saturated carbocycles. The summed E-state index contributed by atoms with van der Waals surface area (Å²) < 4.78 is 22.9. The lowest BCUT2D eigenvalue weighted by molar-refractivity contribution is 0.0708. The molecule has 0 bridgehead atoms. The lowest BCUT2D eigenvalue weighted by Crippen LogP contribution is -2.36. The fourth-order valence-corrected chi connectivity index (χ4v) is 3.56. The highest BCUT2D eigenvalue weighted by atomic mass is 16.6. The van der Waals surface area contributed by atoms with Gasteiger partial charge in [-0.1, -0.05) is 24.3 Å². The van der Waals surface area contributed by atoms with Crippen LogP contribution < -0.4 is 14.2 Å². The molecule has 1 aromatic heterocycles. The second-order valence-electron chi connectivity index (χ2n) is 6.89. The summed E-state index contributed by atoms with van der Waals surface area (Å²) in [4.78, 5) is 19.4. The highest BCUT2D eigenvalue weighted by molar-refractivity contribution is 5.98. The van der Waals surface area contributed by atoms with E-state index in [1.807, 2.05) is 42.5 Å². The van der Waals surface area contributed by atoms with Crippen LogP contribution in [0.3, 0.4) is 0 Å². The van der Waals surface area contributed by atoms with Gasteiger partial charge >= 0.3 is 0 Å². The van der Waals surface area contributed by atoms with Gasteiger partial charge in [0, 0.05) is 13.0 Å². The van der Waals surface area contributed by atoms with Crippen LogP contribution in [0.15, 0.2) is 52.9 Å². The van der Waals surface area contributed by atoms with E-state index in [-0.39, 0.29) is 12.5 Å². The van der Waals surface area contributed by atoms with Gasteiger partial charge < -0.3 is 23.5 Å². The number of rotatable bonds is 4. The maximum Gasteiger partial charge on any atom is 0.258 e. The summed E-state index contributed by atoms with van der Waals surface area (Å²) >= 11 is 0. The summed E-state index contributed by atoms with van der Waals surface area (Å²) in [5.41, 5.74) is 1.40. The van der Waals surface area contributed by atoms with Gasteiger partial charge in [-0.15, -0.1) is 0 Å². The maximum absolute atomic E-state index is 13.1. The van der Waals surface area contributed by atoms with Crippen molar-refractivity contribution < 1.29 is 23.4 Å². The van der Waals surface area contributed by atoms with Crippen LogP contribution >= 0.6 is 0 Å². The average molecular weight is 392 g/mol. The third-order valence-corrected chi connectivity index (χ3v) is 4.96. The first kappa shape index (κ1) is 17.6. The van der Waals surface area contributed by atoms with Crippen molar-refractivity contribution in [3.8, 4) is 17.2 Å². The van der Waals surface area contributed by atoms with E-state index in [1.54, 1.807) is 11.0 Å². The topological polar surface area (TPSA) is 74.0 Å². The van der Waals surface area contributed by atoms with Crippen LogP contribution in [-0.2, 0) is 19.6 Å². The SMILES string of the molecule is O=C(c1cccc2c1OCCO2)N1CCc2nc(COc3ccccc3)oc2C1. The molecule has 0 unspecified atom stereocenters. The molecule has 7 heteroatoms. The number of aromatic nitrogens is 1. The second-order valence-corrected chi connectivity index (χ2v) is 6.89. The standard InChI is InChI=1S/C22H20N2O5/c25-22(16-7-4-8-18-21(16)27-12-11-26-18)24-10-9-17-19(13-24)29-20(23-17)14-28-15-5-2-1-3-6-15/h1-8H,9-14H2. The number of oxazole rings is 1. The van der Waals surface area contributed by atoms with Crippen molar-refractivity contribution in [1.82, 2.24) is 9.88 Å². The van der Waals surface area contributed by atoms with E-state index in [4.69, 9.17) is 18.6 Å². The van der Waals surface area contributed by atoms with Crippen molar-refractivity contribution in [3.63, 3.8) is 0 Å². The molecule has 0 radical (unpaired) electrons. The van der Waals surface area contributed by atoms with E-state index >= 15 is 0 Å². The minimum absolute atomic E-state index is 0.100. The van der Waals surface area contributed by atoms with Crippen molar-refractivity contribution in [2.75, 3.05) is 19.8 Å². The molecule has 2 aromatic carbocycles. The zero-order chi connectivity index (χ0) is 19.6. The van der Waals surface area contributed by atoms with Crippen molar-refractivity contribution in [3.05, 3.63) is 71.4 Å². The Morgan fingerprint density at radius 1 is 1.07 bits per heavy atom. The molecule has 2 aliphatic rings. The predicted molar refractivity (Wildman–Crippen MR) is 103 cm³/mol. The van der Waals surface area contributed by atoms with Crippen LogP contribution in [0, 0.1) is 0 Å². The average Bonchev–Trinajstić information content (AvgIpc) is 3.20. The molecule has 0 spiro atoms. The minimum atomic E-state index is -0.100. The Labute approximate surface area is 167 Å². The summed E-state index contributed by atoms with van der Waals surface area (Å²) in [5.74, 6) is 3.01. The molecule has 3 heterocycles. The van der Waals surface area contributed by atoms with Gasteiger partial charge in [-0.25, -0.2) is 4.98 Å². The molecule has 29 heavy (non-hydrogen) atoms. The third kappa shape index (κ3) is 3.51. The molecule has 7 nitrogen and oxygen atoms in total. The normalized spacial score (nSPS) is 15.0. The molecule has 2 aliphatic heterocycles. The molecule has 0 saturated heterocycles. The fraction of sp³-hybridized carbons (Fsp3) is 0.273. The van der Waals surface area contributed by atoms with Crippen LogP contribution in [-0.4, -0.2) is 35.5 Å². The Kier molecular flexibility index (Phi) is 4.56. The molecule has 0 fully saturated rings. The number of hydrogen-bond donors (Lipinski definition) is 0. The molecule has 3 aromatic rings. The van der Waals surface area contributed by atoms with Crippen molar-refractivity contribution in [2.24, 2.45) is 0 Å². The van der Waals surface area contributed by atoms with E-state index in [9.17, 15) is 4.79 Å². The van der Waals surface area contributed by atoms with Crippen molar-refractivity contribution in [1.29, 1.82) is 0 Å². The molecule has 0 atom stereocenters. The van der Waals surface area contributed by atoms with Gasteiger partial charge in [-0.05, 0) is 24.3 Å². The predicted octanol–water partition coefficient (Wildman–Crippen LogP) is 3.22. The van der Waals surface area contributed by atoms with E-state index < -0.39 is 0 Å². The number of nitrogens with zero attached hydrogens (tertiary/aromatic N) is 2. The largest absolute Gasteiger partial charge is 0.486 e. The first-order chi connectivity index (χ1) is 14.3. The number of amides is 1. The van der Waals surface area contributed by atoms with E-state index in [0.29, 0.717) is 61.4 Å². The maximum atomic E-state index is 13.1. The number of para-hydroxylation sites is 2. The summed E-state index contributed by atoms with van der Waals surface area (Å²) in [5, 5.41) is 0. The van der Waals surface area contributed by atoms with Crippen LogP contribution in [0.2, 0.25) is 0 Å². The van der Waals surface area contributed by atoms with Crippen molar-refractivity contribution >= 4 is 5.91 Å². The quantitative estimate of drug-likeness (QED) is 0.679. The lowest BCUT2D eigenvalue weighted by atomic mass is 10.1. The molecule has 148 valence electrons. The Balaban J connectivity index is 1.30. The van der Waals surface area contributed by atoms with Gasteiger partial charge in [0.05, 0.1) is 17.8 Å². The van der Waals surface area contributed by atoms with E-state index in [1.165, 1.54) is 0 Å². The van der Waals surface area contributed by atoms with Crippen molar-refractivity contribution in [2.45, 2.75) is 19.6 Å². The first-order valence-electron chi connectivity index (χ1n) is 9.61. The van der Waals surface area contributed by atoms with Crippen LogP contribution in [0.5, 0.6) is 17.2 Å². The Bertz CT molecular complexity index is 1030. The molecule has 0 N–H and O–H groups in total. The number of carbonyl (C=O) groups excluding carboxylic acids is 1. The number of hydrogen-bond acceptors (Lipinski definition) is 6. The van der Waals surface area contributed by atoms with Crippen LogP contribution in [0.4, 0.5) is 0 Å². The highest BCUT2D eigenvalue weighted by Crippen LogP contribution is 2.35. The fourth-order valence-electron chi connectivity index (χ4n) is 3.56. The Morgan fingerprint density at radius 2 is 1.93 bits per heavy atom. The van der Waals surface area contributed by atoms with Gasteiger partial charge in [-0.2, -0.15) is 0 Å². The number of benzene rings is 2. The summed E-state index contributed by atoms with van der Waals surface area (Å²) in [6.45, 7) is 2.12. The monoisotopic (exact) mass is 392 g/mol. The van der Waals surface area contributed by atoms with Gasteiger partial charge in [-0.3, -0.25) is 4.79 Å². The third-order valence-electron chi connectivity index (χ3n) is 4.96. The minimum Gasteiger partial charge on any atom is -0.486 e. The van der Waals surface area contributed by atoms with Gasteiger partial charge in [0.25, 0.3) is 5.91 Å². The van der Waals surface area contributed by atoms with Crippen LogP contribution in [0.25, 0.3) is 0 Å². The van der Waals surface area contributed by atoms with Crippen LogP contribution in [0.1, 0.15) is 27.7 Å².